The van der Waals surface area contributed by atoms with E-state index in [4.69, 9.17) is 4.74 Å². The van der Waals surface area contributed by atoms with Crippen molar-refractivity contribution < 1.29 is 22.3 Å². The maximum atomic E-state index is 12.9. The second kappa shape index (κ2) is 7.39. The third-order valence-corrected chi connectivity index (χ3v) is 5.03. The highest BCUT2D eigenvalue weighted by molar-refractivity contribution is 7.91. The number of benzene rings is 1. The maximum absolute atomic E-state index is 12.9. The lowest BCUT2D eigenvalue weighted by molar-refractivity contribution is 0.0953. The highest BCUT2D eigenvalue weighted by atomic mass is 32.2. The topological polar surface area (TPSA) is 85.4 Å². The van der Waals surface area contributed by atoms with Crippen molar-refractivity contribution in [1.29, 1.82) is 0 Å². The highest BCUT2D eigenvalue weighted by Crippen LogP contribution is 2.17. The number of aryl methyl sites for hydroxylation is 1. The van der Waals surface area contributed by atoms with Crippen molar-refractivity contribution in [3.8, 4) is 5.75 Å². The maximum Gasteiger partial charge on any atom is 0.255 e. The SMILES string of the molecule is COc1cnc(C)cc1C(=O)NCCS(=O)(=O)c1ccc(F)cc1. The van der Waals surface area contributed by atoms with E-state index in [2.05, 4.69) is 10.3 Å². The summed E-state index contributed by atoms with van der Waals surface area (Å²) in [4.78, 5) is 16.2. The minimum absolute atomic E-state index is 0.00971. The molecule has 2 aromatic rings. The lowest BCUT2D eigenvalue weighted by Crippen LogP contribution is -2.29. The van der Waals surface area contributed by atoms with Crippen LogP contribution in [0.5, 0.6) is 5.75 Å². The standard InChI is InChI=1S/C16H17FN2O4S/c1-11-9-14(15(23-2)10-19-11)16(20)18-7-8-24(21,22)13-5-3-12(17)4-6-13/h3-6,9-10H,7-8H2,1-2H3,(H,18,20). The van der Waals surface area contributed by atoms with Crippen molar-refractivity contribution >= 4 is 15.7 Å². The fourth-order valence-electron chi connectivity index (χ4n) is 2.04. The molecule has 1 N–H and O–H groups in total. The summed E-state index contributed by atoms with van der Waals surface area (Å²) >= 11 is 0. The van der Waals surface area contributed by atoms with E-state index in [9.17, 15) is 17.6 Å². The first kappa shape index (κ1) is 17.9. The number of nitrogens with one attached hydrogen (secondary N) is 1. The average molecular weight is 352 g/mol. The first-order chi connectivity index (χ1) is 11.3. The van der Waals surface area contributed by atoms with Crippen LogP contribution in [0.15, 0.2) is 41.4 Å². The Morgan fingerprint density at radius 1 is 1.29 bits per heavy atom. The van der Waals surface area contributed by atoms with Gasteiger partial charge in [0, 0.05) is 12.2 Å². The minimum atomic E-state index is -3.60. The fourth-order valence-corrected chi connectivity index (χ4v) is 3.20. The normalized spacial score (nSPS) is 11.1. The van der Waals surface area contributed by atoms with Crippen molar-refractivity contribution in [2.45, 2.75) is 11.8 Å². The van der Waals surface area contributed by atoms with Crippen molar-refractivity contribution in [1.82, 2.24) is 10.3 Å². The Morgan fingerprint density at radius 3 is 2.58 bits per heavy atom. The number of carbonyl (C=O) groups excluding carboxylic acids is 1. The first-order valence-electron chi connectivity index (χ1n) is 7.10. The van der Waals surface area contributed by atoms with Gasteiger partial charge in [-0.25, -0.2) is 12.8 Å². The molecule has 1 aromatic carbocycles. The van der Waals surface area contributed by atoms with E-state index >= 15 is 0 Å². The highest BCUT2D eigenvalue weighted by Gasteiger charge is 2.17. The van der Waals surface area contributed by atoms with Crippen LogP contribution in [0.2, 0.25) is 0 Å². The van der Waals surface area contributed by atoms with Crippen LogP contribution >= 0.6 is 0 Å². The van der Waals surface area contributed by atoms with Crippen LogP contribution in [0.3, 0.4) is 0 Å². The molecule has 2 rings (SSSR count). The summed E-state index contributed by atoms with van der Waals surface area (Å²) in [6.07, 6.45) is 1.43. The smallest absolute Gasteiger partial charge is 0.255 e. The van der Waals surface area contributed by atoms with E-state index in [-0.39, 0.29) is 22.8 Å². The number of carbonyl (C=O) groups is 1. The lowest BCUT2D eigenvalue weighted by atomic mass is 10.2. The van der Waals surface area contributed by atoms with Gasteiger partial charge in [-0.1, -0.05) is 0 Å². The zero-order valence-electron chi connectivity index (χ0n) is 13.2. The molecule has 0 aliphatic carbocycles. The Labute approximate surface area is 139 Å². The summed E-state index contributed by atoms with van der Waals surface area (Å²) in [5, 5.41) is 2.54. The van der Waals surface area contributed by atoms with Gasteiger partial charge in [0.05, 0.1) is 29.5 Å². The Balaban J connectivity index is 2.02. The van der Waals surface area contributed by atoms with Crippen LogP contribution in [0, 0.1) is 12.7 Å². The van der Waals surface area contributed by atoms with Crippen molar-refractivity contribution in [2.24, 2.45) is 0 Å². The van der Waals surface area contributed by atoms with Crippen LogP contribution < -0.4 is 10.1 Å². The molecule has 1 amide bonds. The molecular weight excluding hydrogens is 335 g/mol. The molecule has 0 bridgehead atoms. The van der Waals surface area contributed by atoms with E-state index < -0.39 is 21.6 Å². The van der Waals surface area contributed by atoms with E-state index in [0.717, 1.165) is 12.1 Å². The van der Waals surface area contributed by atoms with Gasteiger partial charge in [0.15, 0.2) is 9.84 Å². The molecule has 0 fully saturated rings. The van der Waals surface area contributed by atoms with Crippen molar-refractivity contribution in [3.63, 3.8) is 0 Å². The molecule has 0 aliphatic heterocycles. The zero-order valence-corrected chi connectivity index (χ0v) is 14.1. The van der Waals surface area contributed by atoms with Gasteiger partial charge in [-0.2, -0.15) is 0 Å². The fraction of sp³-hybridized carbons (Fsp3) is 0.250. The summed E-state index contributed by atoms with van der Waals surface area (Å²) in [6, 6.07) is 6.11. The number of methoxy groups -OCH3 is 1. The zero-order chi connectivity index (χ0) is 17.7. The quantitative estimate of drug-likeness (QED) is 0.801. The third kappa shape index (κ3) is 4.29. The van der Waals surface area contributed by atoms with Crippen LogP contribution in [-0.2, 0) is 9.84 Å². The predicted octanol–water partition coefficient (Wildman–Crippen LogP) is 1.74. The summed E-state index contributed by atoms with van der Waals surface area (Å²) < 4.78 is 42.2. The summed E-state index contributed by atoms with van der Waals surface area (Å²) in [6.45, 7) is 1.65. The minimum Gasteiger partial charge on any atom is -0.494 e. The summed E-state index contributed by atoms with van der Waals surface area (Å²) in [7, 11) is -2.18. The number of halogens is 1. The van der Waals surface area contributed by atoms with Gasteiger partial charge in [-0.15, -0.1) is 0 Å². The molecule has 8 heteroatoms. The number of hydrogen-bond acceptors (Lipinski definition) is 5. The molecule has 6 nitrogen and oxygen atoms in total. The molecule has 128 valence electrons. The Morgan fingerprint density at radius 2 is 1.96 bits per heavy atom. The van der Waals surface area contributed by atoms with Gasteiger partial charge >= 0.3 is 0 Å². The predicted molar refractivity (Wildman–Crippen MR) is 86.3 cm³/mol. The molecule has 0 atom stereocenters. The van der Waals surface area contributed by atoms with Gasteiger partial charge < -0.3 is 10.1 Å². The molecule has 0 radical (unpaired) electrons. The van der Waals surface area contributed by atoms with E-state index in [1.807, 2.05) is 0 Å². The summed E-state index contributed by atoms with van der Waals surface area (Å²) in [5.74, 6) is -0.954. The Hall–Kier alpha value is -2.48. The van der Waals surface area contributed by atoms with Crippen LogP contribution in [0.1, 0.15) is 16.1 Å². The Bertz CT molecular complexity index is 836. The van der Waals surface area contributed by atoms with Crippen LogP contribution in [-0.4, -0.2) is 38.7 Å². The number of pyridine rings is 1. The van der Waals surface area contributed by atoms with E-state index in [1.54, 1.807) is 13.0 Å². The number of amides is 1. The largest absolute Gasteiger partial charge is 0.494 e. The second-order valence-electron chi connectivity index (χ2n) is 5.05. The first-order valence-corrected chi connectivity index (χ1v) is 8.76. The number of hydrogen-bond donors (Lipinski definition) is 1. The van der Waals surface area contributed by atoms with Gasteiger partial charge in [-0.3, -0.25) is 9.78 Å². The molecule has 0 saturated carbocycles. The van der Waals surface area contributed by atoms with Crippen molar-refractivity contribution in [3.05, 3.63) is 53.6 Å². The van der Waals surface area contributed by atoms with Gasteiger partial charge in [-0.05, 0) is 37.3 Å². The van der Waals surface area contributed by atoms with Crippen molar-refractivity contribution in [2.75, 3.05) is 19.4 Å². The number of rotatable bonds is 6. The van der Waals surface area contributed by atoms with E-state index in [1.165, 1.54) is 25.4 Å². The number of sulfone groups is 1. The number of ether oxygens (including phenoxy) is 1. The number of nitrogens with zero attached hydrogens (tertiary/aromatic N) is 1. The van der Waals surface area contributed by atoms with Crippen LogP contribution in [0.4, 0.5) is 4.39 Å². The lowest BCUT2D eigenvalue weighted by Gasteiger charge is -2.10. The molecule has 0 aliphatic rings. The van der Waals surface area contributed by atoms with Gasteiger partial charge in [0.25, 0.3) is 5.91 Å². The molecule has 24 heavy (non-hydrogen) atoms. The monoisotopic (exact) mass is 352 g/mol. The molecule has 0 unspecified atom stereocenters. The van der Waals surface area contributed by atoms with E-state index in [0.29, 0.717) is 11.4 Å². The average Bonchev–Trinajstić information content (AvgIpc) is 2.55. The summed E-state index contributed by atoms with van der Waals surface area (Å²) in [5.41, 5.74) is 0.920. The third-order valence-electron chi connectivity index (χ3n) is 3.30. The molecular formula is C16H17FN2O4S. The molecule has 1 heterocycles. The molecule has 0 spiro atoms. The van der Waals surface area contributed by atoms with Crippen LogP contribution in [0.25, 0.3) is 0 Å². The second-order valence-corrected chi connectivity index (χ2v) is 7.16. The van der Waals surface area contributed by atoms with Gasteiger partial charge in [0.1, 0.15) is 11.6 Å². The molecule has 1 aromatic heterocycles. The number of aromatic nitrogens is 1. The van der Waals surface area contributed by atoms with Gasteiger partial charge in [0.2, 0.25) is 0 Å². The Kier molecular flexibility index (Phi) is 5.50. The molecule has 0 saturated heterocycles.